The van der Waals surface area contributed by atoms with E-state index in [2.05, 4.69) is 30.7 Å². The van der Waals surface area contributed by atoms with Crippen LogP contribution in [0, 0.1) is 6.92 Å². The molecule has 0 spiro atoms. The molecule has 6 rings (SSSR count). The third-order valence-electron chi connectivity index (χ3n) is 6.75. The van der Waals surface area contributed by atoms with Crippen LogP contribution in [0.1, 0.15) is 48.2 Å². The van der Waals surface area contributed by atoms with E-state index < -0.39 is 0 Å². The normalized spacial score (nSPS) is 22.0. The summed E-state index contributed by atoms with van der Waals surface area (Å²) in [6, 6.07) is 8.25. The lowest BCUT2D eigenvalue weighted by Gasteiger charge is -2.49. The summed E-state index contributed by atoms with van der Waals surface area (Å²) in [4.78, 5) is 29.9. The summed E-state index contributed by atoms with van der Waals surface area (Å²) < 4.78 is 0. The molecule has 3 N–H and O–H groups in total. The molecule has 2 aliphatic rings. The van der Waals surface area contributed by atoms with Crippen molar-refractivity contribution in [2.75, 3.05) is 10.6 Å². The molecular weight excluding hydrogens is 448 g/mol. The monoisotopic (exact) mass is 474 g/mol. The molecule has 0 aromatic carbocycles. The highest BCUT2D eigenvalue weighted by atomic mass is 32.1. The minimum atomic E-state index is 0.118. The zero-order valence-electron chi connectivity index (χ0n) is 18.9. The summed E-state index contributed by atoms with van der Waals surface area (Å²) in [5.41, 5.74) is 1.70. The minimum Gasteiger partial charge on any atom is -0.351 e. The number of amides is 1. The van der Waals surface area contributed by atoms with Crippen LogP contribution in [0.2, 0.25) is 0 Å². The SMILES string of the molecule is Cc1cc(Nc2nc(N[C@@H]3C[C@H]4CCC[C@@H](C3)N4C(=O)c3ccncc3)nc3sccc23)n[nH]1. The Kier molecular flexibility index (Phi) is 5.37. The van der Waals surface area contributed by atoms with Gasteiger partial charge in [0.15, 0.2) is 5.82 Å². The molecule has 6 heterocycles. The van der Waals surface area contributed by atoms with E-state index in [-0.39, 0.29) is 24.0 Å². The highest BCUT2D eigenvalue weighted by Crippen LogP contribution is 2.36. The lowest BCUT2D eigenvalue weighted by atomic mass is 9.81. The number of rotatable bonds is 5. The number of aryl methyl sites for hydroxylation is 1. The largest absolute Gasteiger partial charge is 0.351 e. The number of hydrogen-bond acceptors (Lipinski definition) is 8. The fourth-order valence-corrected chi connectivity index (χ4v) is 6.04. The van der Waals surface area contributed by atoms with Crippen LogP contribution in [-0.4, -0.2) is 54.1 Å². The van der Waals surface area contributed by atoms with Crippen LogP contribution in [0.3, 0.4) is 0 Å². The van der Waals surface area contributed by atoms with Gasteiger partial charge in [-0.3, -0.25) is 14.9 Å². The van der Waals surface area contributed by atoms with Crippen LogP contribution in [0.5, 0.6) is 0 Å². The summed E-state index contributed by atoms with van der Waals surface area (Å²) in [7, 11) is 0. The number of hydrogen-bond donors (Lipinski definition) is 3. The summed E-state index contributed by atoms with van der Waals surface area (Å²) in [5.74, 6) is 2.20. The highest BCUT2D eigenvalue weighted by molar-refractivity contribution is 7.16. The van der Waals surface area contributed by atoms with Gasteiger partial charge in [0, 0.05) is 47.8 Å². The average Bonchev–Trinajstić information content (AvgIpc) is 3.47. The number of carbonyl (C=O) groups excluding carboxylic acids is 1. The molecule has 4 aromatic rings. The lowest BCUT2D eigenvalue weighted by Crippen LogP contribution is -2.57. The first-order chi connectivity index (χ1) is 16.6. The lowest BCUT2D eigenvalue weighted by molar-refractivity contribution is 0.0259. The van der Waals surface area contributed by atoms with Crippen LogP contribution in [-0.2, 0) is 0 Å². The Hall–Kier alpha value is -3.53. The number of pyridine rings is 1. The van der Waals surface area contributed by atoms with Gasteiger partial charge in [-0.05, 0) is 62.6 Å². The quantitative estimate of drug-likeness (QED) is 0.390. The van der Waals surface area contributed by atoms with Crippen molar-refractivity contribution in [1.82, 2.24) is 30.0 Å². The van der Waals surface area contributed by atoms with Gasteiger partial charge in [-0.1, -0.05) is 0 Å². The molecule has 0 radical (unpaired) electrons. The third-order valence-corrected chi connectivity index (χ3v) is 7.55. The molecular formula is C24H26N8OS. The fraction of sp³-hybridized carbons (Fsp3) is 0.375. The Labute approximate surface area is 201 Å². The van der Waals surface area contributed by atoms with Gasteiger partial charge in [-0.25, -0.2) is 4.98 Å². The Balaban J connectivity index is 1.22. The third kappa shape index (κ3) is 3.98. The second kappa shape index (κ2) is 8.68. The van der Waals surface area contributed by atoms with Crippen LogP contribution < -0.4 is 10.6 Å². The number of nitrogens with zero attached hydrogens (tertiary/aromatic N) is 5. The zero-order chi connectivity index (χ0) is 23.1. The first-order valence-corrected chi connectivity index (χ1v) is 12.6. The second-order valence-corrected chi connectivity index (χ2v) is 9.99. The summed E-state index contributed by atoms with van der Waals surface area (Å²) in [6.07, 6.45) is 8.37. The molecule has 34 heavy (non-hydrogen) atoms. The van der Waals surface area contributed by atoms with E-state index in [4.69, 9.17) is 9.97 Å². The number of nitrogens with one attached hydrogen (secondary N) is 3. The molecule has 174 valence electrons. The van der Waals surface area contributed by atoms with Gasteiger partial charge in [0.2, 0.25) is 5.95 Å². The van der Waals surface area contributed by atoms with Crippen molar-refractivity contribution in [2.24, 2.45) is 0 Å². The van der Waals surface area contributed by atoms with Crippen LogP contribution in [0.15, 0.2) is 42.0 Å². The maximum Gasteiger partial charge on any atom is 0.254 e. The molecule has 2 fully saturated rings. The van der Waals surface area contributed by atoms with Gasteiger partial charge in [-0.2, -0.15) is 10.1 Å². The zero-order valence-corrected chi connectivity index (χ0v) is 19.7. The first-order valence-electron chi connectivity index (χ1n) is 11.7. The van der Waals surface area contributed by atoms with Crippen molar-refractivity contribution >= 4 is 45.0 Å². The molecule has 0 unspecified atom stereocenters. The van der Waals surface area contributed by atoms with Gasteiger partial charge in [-0.15, -0.1) is 11.3 Å². The fourth-order valence-electron chi connectivity index (χ4n) is 5.28. The summed E-state index contributed by atoms with van der Waals surface area (Å²) in [5, 5.41) is 17.2. The van der Waals surface area contributed by atoms with Crippen molar-refractivity contribution in [3.05, 3.63) is 53.3 Å². The molecule has 9 nitrogen and oxygen atoms in total. The Bertz CT molecular complexity index is 1310. The van der Waals surface area contributed by atoms with Crippen LogP contribution in [0.4, 0.5) is 17.6 Å². The number of H-pyrrole nitrogens is 1. The number of piperidine rings is 2. The number of carbonyl (C=O) groups is 1. The van der Waals surface area contributed by atoms with E-state index in [1.54, 1.807) is 23.7 Å². The minimum absolute atomic E-state index is 0.118. The molecule has 2 aliphatic heterocycles. The number of thiophene rings is 1. The van der Waals surface area contributed by atoms with E-state index in [0.717, 1.165) is 59.7 Å². The predicted molar refractivity (Wildman–Crippen MR) is 133 cm³/mol. The molecule has 0 aliphatic carbocycles. The first kappa shape index (κ1) is 21.0. The van der Waals surface area contributed by atoms with Crippen molar-refractivity contribution < 1.29 is 4.79 Å². The van der Waals surface area contributed by atoms with Gasteiger partial charge in [0.25, 0.3) is 5.91 Å². The Morgan fingerprint density at radius 3 is 2.68 bits per heavy atom. The van der Waals surface area contributed by atoms with E-state index in [1.165, 1.54) is 0 Å². The topological polar surface area (TPSA) is 112 Å². The summed E-state index contributed by atoms with van der Waals surface area (Å²) in [6.45, 7) is 1.97. The number of fused-ring (bicyclic) bond motifs is 3. The van der Waals surface area contributed by atoms with Crippen LogP contribution in [0.25, 0.3) is 10.2 Å². The average molecular weight is 475 g/mol. The van der Waals surface area contributed by atoms with E-state index >= 15 is 0 Å². The van der Waals surface area contributed by atoms with E-state index in [1.807, 2.05) is 36.6 Å². The molecule has 10 heteroatoms. The highest BCUT2D eigenvalue weighted by Gasteiger charge is 2.41. The molecule has 2 saturated heterocycles. The van der Waals surface area contributed by atoms with Crippen molar-refractivity contribution in [3.63, 3.8) is 0 Å². The maximum atomic E-state index is 13.3. The van der Waals surface area contributed by atoms with E-state index in [0.29, 0.717) is 11.5 Å². The van der Waals surface area contributed by atoms with Crippen LogP contribution >= 0.6 is 11.3 Å². The molecule has 0 saturated carbocycles. The molecule has 3 atom stereocenters. The molecule has 1 amide bonds. The van der Waals surface area contributed by atoms with Gasteiger partial charge < -0.3 is 15.5 Å². The van der Waals surface area contributed by atoms with E-state index in [9.17, 15) is 4.79 Å². The van der Waals surface area contributed by atoms with Gasteiger partial charge in [0.05, 0.1) is 5.39 Å². The molecule has 4 aromatic heterocycles. The van der Waals surface area contributed by atoms with Gasteiger partial charge >= 0.3 is 0 Å². The second-order valence-electron chi connectivity index (χ2n) is 9.10. The summed E-state index contributed by atoms with van der Waals surface area (Å²) >= 11 is 1.59. The van der Waals surface area contributed by atoms with Crippen molar-refractivity contribution in [3.8, 4) is 0 Å². The van der Waals surface area contributed by atoms with Gasteiger partial charge in [0.1, 0.15) is 10.6 Å². The van der Waals surface area contributed by atoms with Crippen molar-refractivity contribution in [2.45, 2.75) is 57.2 Å². The maximum absolute atomic E-state index is 13.3. The standard InChI is InChI=1S/C24H26N8OS/c1-14-11-20(31-30-14)27-21-19-7-10-34-22(19)29-24(28-21)26-16-12-17-3-2-4-18(13-16)32(17)23(33)15-5-8-25-9-6-15/h5-11,16-18H,2-4,12-13H2,1H3,(H3,26,27,28,29,30,31)/t16-,17-,18+. The smallest absolute Gasteiger partial charge is 0.254 e. The van der Waals surface area contributed by atoms with Crippen molar-refractivity contribution in [1.29, 1.82) is 0 Å². The predicted octanol–water partition coefficient (Wildman–Crippen LogP) is 4.50. The molecule has 2 bridgehead atoms. The Morgan fingerprint density at radius 1 is 1.15 bits per heavy atom. The Morgan fingerprint density at radius 2 is 1.94 bits per heavy atom. The number of aromatic amines is 1. The number of aromatic nitrogens is 5. The number of anilines is 3.